The minimum atomic E-state index is -0.791. The molecule has 0 aliphatic carbocycles. The molecule has 80 valence electrons. The van der Waals surface area contributed by atoms with Crippen LogP contribution in [0.5, 0.6) is 0 Å². The zero-order chi connectivity index (χ0) is 11.0. The van der Waals surface area contributed by atoms with E-state index in [0.29, 0.717) is 0 Å². The van der Waals surface area contributed by atoms with Crippen LogP contribution in [-0.4, -0.2) is 0 Å². The summed E-state index contributed by atoms with van der Waals surface area (Å²) in [5.41, 5.74) is 0.730. The summed E-state index contributed by atoms with van der Waals surface area (Å²) in [7, 11) is 0. The zero-order valence-corrected chi connectivity index (χ0v) is 9.11. The Morgan fingerprint density at radius 3 is 1.86 bits per heavy atom. The van der Waals surface area contributed by atoms with E-state index >= 15 is 0 Å². The van der Waals surface area contributed by atoms with Crippen LogP contribution in [0.2, 0.25) is 0 Å². The molecular formula is C12H18F2. The van der Waals surface area contributed by atoms with E-state index in [1.807, 2.05) is 0 Å². The van der Waals surface area contributed by atoms with Gasteiger partial charge in [-0.1, -0.05) is 39.2 Å². The first kappa shape index (κ1) is 13.1. The van der Waals surface area contributed by atoms with Crippen LogP contribution in [0.1, 0.15) is 38.7 Å². The first-order valence-electron chi connectivity index (χ1n) is 5.03. The van der Waals surface area contributed by atoms with E-state index in [2.05, 4.69) is 13.8 Å². The molecule has 0 nitrogen and oxygen atoms in total. The van der Waals surface area contributed by atoms with Gasteiger partial charge in [-0.05, 0) is 24.6 Å². The van der Waals surface area contributed by atoms with E-state index in [1.54, 1.807) is 6.92 Å². The van der Waals surface area contributed by atoms with Crippen molar-refractivity contribution in [2.75, 3.05) is 0 Å². The summed E-state index contributed by atoms with van der Waals surface area (Å²) in [4.78, 5) is 0. The number of rotatable bonds is 2. The fourth-order valence-electron chi connectivity index (χ4n) is 0.955. The molecule has 1 aromatic carbocycles. The Hall–Kier alpha value is -0.920. The summed E-state index contributed by atoms with van der Waals surface area (Å²) < 4.78 is 24.3. The quantitative estimate of drug-likeness (QED) is 0.660. The number of benzene rings is 1. The highest BCUT2D eigenvalue weighted by Crippen LogP contribution is 2.06. The van der Waals surface area contributed by atoms with E-state index in [1.165, 1.54) is 25.3 Å². The number of halogens is 2. The number of hydrogen-bond donors (Lipinski definition) is 0. The Kier molecular flexibility index (Phi) is 6.99. The van der Waals surface area contributed by atoms with Gasteiger partial charge in [0.15, 0.2) is 11.6 Å². The number of hydrogen-bond acceptors (Lipinski definition) is 0. The van der Waals surface area contributed by atoms with Crippen molar-refractivity contribution in [2.45, 2.75) is 40.0 Å². The second-order valence-corrected chi connectivity index (χ2v) is 3.27. The van der Waals surface area contributed by atoms with E-state index in [4.69, 9.17) is 0 Å². The number of unbranched alkanes of at least 4 members (excludes halogenated alkanes) is 2. The van der Waals surface area contributed by atoms with Gasteiger partial charge >= 0.3 is 0 Å². The molecule has 0 heterocycles. The molecule has 0 aliphatic heterocycles. The average Bonchev–Trinajstić information content (AvgIpc) is 2.14. The Morgan fingerprint density at radius 1 is 1.00 bits per heavy atom. The lowest BCUT2D eigenvalue weighted by molar-refractivity contribution is 0.508. The Morgan fingerprint density at radius 2 is 1.57 bits per heavy atom. The maximum Gasteiger partial charge on any atom is 0.159 e. The highest BCUT2D eigenvalue weighted by molar-refractivity contribution is 5.15. The van der Waals surface area contributed by atoms with Crippen molar-refractivity contribution in [3.05, 3.63) is 35.4 Å². The van der Waals surface area contributed by atoms with Gasteiger partial charge in [0.05, 0.1) is 0 Å². The monoisotopic (exact) mass is 200 g/mol. The van der Waals surface area contributed by atoms with Crippen molar-refractivity contribution in [1.82, 2.24) is 0 Å². The third-order valence-electron chi connectivity index (χ3n) is 1.78. The largest absolute Gasteiger partial charge is 0.204 e. The smallest absolute Gasteiger partial charge is 0.159 e. The van der Waals surface area contributed by atoms with Gasteiger partial charge in [0, 0.05) is 0 Å². The molecule has 0 saturated carbocycles. The molecule has 0 amide bonds. The second kappa shape index (κ2) is 7.48. The first-order valence-corrected chi connectivity index (χ1v) is 5.03. The molecule has 0 atom stereocenters. The molecular weight excluding hydrogens is 182 g/mol. The molecule has 0 radical (unpaired) electrons. The van der Waals surface area contributed by atoms with Crippen LogP contribution in [0.4, 0.5) is 8.78 Å². The molecule has 0 unspecified atom stereocenters. The molecule has 2 heteroatoms. The van der Waals surface area contributed by atoms with Crippen molar-refractivity contribution >= 4 is 0 Å². The fraction of sp³-hybridized carbons (Fsp3) is 0.500. The van der Waals surface area contributed by atoms with Crippen LogP contribution in [0.25, 0.3) is 0 Å². The summed E-state index contributed by atoms with van der Waals surface area (Å²) in [5.74, 6) is -1.57. The molecule has 1 rings (SSSR count). The highest BCUT2D eigenvalue weighted by atomic mass is 19.2. The van der Waals surface area contributed by atoms with E-state index in [-0.39, 0.29) is 0 Å². The lowest BCUT2D eigenvalue weighted by Crippen LogP contribution is -1.82. The third-order valence-corrected chi connectivity index (χ3v) is 1.78. The minimum absolute atomic E-state index is 0.730. The van der Waals surface area contributed by atoms with Crippen LogP contribution in [0.3, 0.4) is 0 Å². The van der Waals surface area contributed by atoms with Gasteiger partial charge in [-0.3, -0.25) is 0 Å². The Labute approximate surface area is 85.0 Å². The molecule has 1 aromatic rings. The predicted molar refractivity (Wildman–Crippen MR) is 56.3 cm³/mol. The summed E-state index contributed by atoms with van der Waals surface area (Å²) in [6, 6.07) is 3.80. The highest BCUT2D eigenvalue weighted by Gasteiger charge is 1.97. The van der Waals surface area contributed by atoms with Crippen LogP contribution in [0, 0.1) is 18.6 Å². The summed E-state index contributed by atoms with van der Waals surface area (Å²) in [6.07, 6.45) is 4.08. The standard InChI is InChI=1S/C7H6F2.C5H12/c1-5-2-3-6(8)7(9)4-5;1-3-5-4-2/h2-4H,1H3;3-5H2,1-2H3. The lowest BCUT2D eigenvalue weighted by Gasteiger charge is -1.91. The normalized spacial score (nSPS) is 9.21. The van der Waals surface area contributed by atoms with Gasteiger partial charge in [-0.15, -0.1) is 0 Å². The predicted octanol–water partition coefficient (Wildman–Crippen LogP) is 4.47. The van der Waals surface area contributed by atoms with Gasteiger partial charge in [0.25, 0.3) is 0 Å². The van der Waals surface area contributed by atoms with Crippen molar-refractivity contribution < 1.29 is 8.78 Å². The van der Waals surface area contributed by atoms with Crippen LogP contribution in [-0.2, 0) is 0 Å². The fourth-order valence-corrected chi connectivity index (χ4v) is 0.955. The molecule has 0 saturated heterocycles. The molecule has 0 aromatic heterocycles. The molecule has 14 heavy (non-hydrogen) atoms. The van der Waals surface area contributed by atoms with E-state index < -0.39 is 11.6 Å². The minimum Gasteiger partial charge on any atom is -0.204 e. The summed E-state index contributed by atoms with van der Waals surface area (Å²) in [6.45, 7) is 6.13. The lowest BCUT2D eigenvalue weighted by atomic mass is 10.2. The van der Waals surface area contributed by atoms with E-state index in [9.17, 15) is 8.78 Å². The van der Waals surface area contributed by atoms with Crippen molar-refractivity contribution in [3.8, 4) is 0 Å². The number of aryl methyl sites for hydroxylation is 1. The van der Waals surface area contributed by atoms with Gasteiger partial charge in [-0.25, -0.2) is 8.78 Å². The van der Waals surface area contributed by atoms with Crippen molar-refractivity contribution in [2.24, 2.45) is 0 Å². The summed E-state index contributed by atoms with van der Waals surface area (Å²) in [5, 5.41) is 0. The van der Waals surface area contributed by atoms with Crippen LogP contribution < -0.4 is 0 Å². The summed E-state index contributed by atoms with van der Waals surface area (Å²) >= 11 is 0. The molecule has 0 bridgehead atoms. The van der Waals surface area contributed by atoms with E-state index in [0.717, 1.165) is 17.7 Å². The molecule has 0 aliphatic rings. The molecule has 0 fully saturated rings. The van der Waals surface area contributed by atoms with Gasteiger partial charge in [-0.2, -0.15) is 0 Å². The second-order valence-electron chi connectivity index (χ2n) is 3.27. The Balaban J connectivity index is 0.000000292. The maximum absolute atomic E-state index is 12.2. The van der Waals surface area contributed by atoms with Crippen LogP contribution >= 0.6 is 0 Å². The van der Waals surface area contributed by atoms with Crippen LogP contribution in [0.15, 0.2) is 18.2 Å². The van der Waals surface area contributed by atoms with Gasteiger partial charge in [0.1, 0.15) is 0 Å². The molecule has 0 spiro atoms. The first-order chi connectivity index (χ1) is 6.61. The zero-order valence-electron chi connectivity index (χ0n) is 9.11. The average molecular weight is 200 g/mol. The maximum atomic E-state index is 12.2. The topological polar surface area (TPSA) is 0 Å². The SMILES string of the molecule is CCCCC.Cc1ccc(F)c(F)c1. The molecule has 0 N–H and O–H groups in total. The third kappa shape index (κ3) is 5.68. The van der Waals surface area contributed by atoms with Crippen molar-refractivity contribution in [1.29, 1.82) is 0 Å². The Bertz CT molecular complexity index is 254. The van der Waals surface area contributed by atoms with Crippen molar-refractivity contribution in [3.63, 3.8) is 0 Å². The van der Waals surface area contributed by atoms with Gasteiger partial charge < -0.3 is 0 Å². The van der Waals surface area contributed by atoms with Gasteiger partial charge in [0.2, 0.25) is 0 Å².